The molecule has 5 rings (SSSR count). The number of carbonyl (C=O) groups is 1. The first kappa shape index (κ1) is 22.3. The first-order chi connectivity index (χ1) is 16.5. The number of terminal acetylenes is 1. The molecule has 0 aromatic carbocycles. The van der Waals surface area contributed by atoms with Crippen LogP contribution in [0.1, 0.15) is 36.3 Å². The fraction of sp³-hybridized carbons (Fsp3) is 0.435. The fourth-order valence-electron chi connectivity index (χ4n) is 4.09. The summed E-state index contributed by atoms with van der Waals surface area (Å²) in [6, 6.07) is 0. The van der Waals surface area contributed by atoms with Gasteiger partial charge in [-0.25, -0.2) is 19.7 Å². The number of aromatic nitrogens is 4. The van der Waals surface area contributed by atoms with Gasteiger partial charge >= 0.3 is 6.09 Å². The van der Waals surface area contributed by atoms with Crippen LogP contribution in [-0.2, 0) is 22.0 Å². The molecule has 11 heteroatoms. The van der Waals surface area contributed by atoms with Gasteiger partial charge in [0.15, 0.2) is 5.82 Å². The molecule has 1 fully saturated rings. The number of alkyl carbamates (subject to hydrolysis) is 1. The average molecular weight is 480 g/mol. The highest BCUT2D eigenvalue weighted by atomic mass is 32.2. The van der Waals surface area contributed by atoms with E-state index < -0.39 is 16.9 Å². The molecule has 10 nitrogen and oxygen atoms in total. The lowest BCUT2D eigenvalue weighted by molar-refractivity contribution is 0.170. The topological polar surface area (TPSA) is 122 Å². The maximum atomic E-state index is 12.7. The van der Waals surface area contributed by atoms with Crippen LogP contribution in [-0.4, -0.2) is 68.3 Å². The van der Waals surface area contributed by atoms with E-state index in [1.807, 2.05) is 0 Å². The Morgan fingerprint density at radius 2 is 2.09 bits per heavy atom. The standard InChI is InChI=1S/C23H25N7O3S/c1-3-15-12-24-19(25-13-15)16-4-9-30(10-5-16)21-27-17-6-11-34(32)18(17)20(28-21)29-23(7-8-23)14-26-22(31)33-2/h1,4,12-13H,5-11,14H2,2H3,(H,26,31)(H,27,28,29)/t34-/m1/s1. The molecule has 4 heterocycles. The van der Waals surface area contributed by atoms with Crippen LogP contribution in [0.5, 0.6) is 0 Å². The molecule has 0 bridgehead atoms. The third kappa shape index (κ3) is 4.46. The summed E-state index contributed by atoms with van der Waals surface area (Å²) in [6.45, 7) is 1.74. The lowest BCUT2D eigenvalue weighted by Gasteiger charge is -2.27. The van der Waals surface area contributed by atoms with Gasteiger partial charge in [-0.15, -0.1) is 6.42 Å². The molecule has 1 aliphatic carbocycles. The summed E-state index contributed by atoms with van der Waals surface area (Å²) in [5.74, 6) is 4.96. The van der Waals surface area contributed by atoms with Crippen molar-refractivity contribution in [1.29, 1.82) is 0 Å². The molecule has 2 aromatic heterocycles. The number of nitrogens with zero attached hydrogens (tertiary/aromatic N) is 5. The number of fused-ring (bicyclic) bond motifs is 1. The molecular formula is C23H25N7O3S. The molecule has 0 spiro atoms. The fourth-order valence-corrected chi connectivity index (χ4v) is 5.40. The predicted molar refractivity (Wildman–Crippen MR) is 128 cm³/mol. The number of anilines is 2. The van der Waals surface area contributed by atoms with Gasteiger partial charge in [0.05, 0.1) is 34.7 Å². The Hall–Kier alpha value is -3.52. The summed E-state index contributed by atoms with van der Waals surface area (Å²) in [4.78, 5) is 32.6. The number of ether oxygens (including phenoxy) is 1. The molecule has 3 aliphatic rings. The van der Waals surface area contributed by atoms with Crippen molar-refractivity contribution in [3.63, 3.8) is 0 Å². The van der Waals surface area contributed by atoms with Crippen molar-refractivity contribution in [3.05, 3.63) is 35.6 Å². The molecule has 34 heavy (non-hydrogen) atoms. The van der Waals surface area contributed by atoms with Crippen LogP contribution in [0, 0.1) is 12.3 Å². The number of carbonyl (C=O) groups excluding carboxylic acids is 1. The van der Waals surface area contributed by atoms with Crippen LogP contribution >= 0.6 is 0 Å². The molecular weight excluding hydrogens is 454 g/mol. The SMILES string of the molecule is C#Cc1cnc(C2=CCN(c3nc4c(c(NC5(CNC(=O)OC)CC5)n3)[S@](=O)CC4)CC2)nc1. The van der Waals surface area contributed by atoms with Crippen LogP contribution in [0.3, 0.4) is 0 Å². The molecule has 0 radical (unpaired) electrons. The zero-order chi connectivity index (χ0) is 23.7. The molecule has 1 amide bonds. The van der Waals surface area contributed by atoms with E-state index in [-0.39, 0.29) is 5.54 Å². The summed E-state index contributed by atoms with van der Waals surface area (Å²) in [6.07, 6.45) is 13.5. The summed E-state index contributed by atoms with van der Waals surface area (Å²) >= 11 is 0. The Morgan fingerprint density at radius 1 is 1.29 bits per heavy atom. The molecule has 0 unspecified atom stereocenters. The van der Waals surface area contributed by atoms with Gasteiger partial charge in [0.25, 0.3) is 0 Å². The minimum absolute atomic E-state index is 0.308. The summed E-state index contributed by atoms with van der Waals surface area (Å²) < 4.78 is 17.4. The van der Waals surface area contributed by atoms with Crippen molar-refractivity contribution in [3.8, 4) is 12.3 Å². The van der Waals surface area contributed by atoms with Gasteiger partial charge in [-0.1, -0.05) is 12.0 Å². The second-order valence-corrected chi connectivity index (χ2v) is 10.1. The van der Waals surface area contributed by atoms with Crippen molar-refractivity contribution in [2.75, 3.05) is 42.7 Å². The molecule has 2 N–H and O–H groups in total. The first-order valence-electron chi connectivity index (χ1n) is 11.1. The normalized spacial score (nSPS) is 20.1. The highest BCUT2D eigenvalue weighted by molar-refractivity contribution is 7.85. The van der Waals surface area contributed by atoms with Crippen LogP contribution < -0.4 is 15.5 Å². The van der Waals surface area contributed by atoms with Gasteiger partial charge in [0.2, 0.25) is 5.95 Å². The Balaban J connectivity index is 1.36. The van der Waals surface area contributed by atoms with E-state index in [2.05, 4.69) is 42.2 Å². The molecule has 2 aromatic rings. The van der Waals surface area contributed by atoms with E-state index in [0.717, 1.165) is 30.5 Å². The maximum Gasteiger partial charge on any atom is 0.406 e. The summed E-state index contributed by atoms with van der Waals surface area (Å²) in [5.41, 5.74) is 2.23. The van der Waals surface area contributed by atoms with E-state index in [9.17, 15) is 9.00 Å². The number of aryl methyl sites for hydroxylation is 1. The van der Waals surface area contributed by atoms with Crippen molar-refractivity contribution >= 4 is 34.2 Å². The number of nitrogens with one attached hydrogen (secondary N) is 2. The number of hydrogen-bond donors (Lipinski definition) is 2. The number of methoxy groups -OCH3 is 1. The molecule has 2 aliphatic heterocycles. The quantitative estimate of drug-likeness (QED) is 0.594. The summed E-state index contributed by atoms with van der Waals surface area (Å²) in [7, 11) is 0.202. The Morgan fingerprint density at radius 3 is 2.74 bits per heavy atom. The number of hydrogen-bond acceptors (Lipinski definition) is 9. The molecule has 1 atom stereocenters. The largest absolute Gasteiger partial charge is 0.453 e. The van der Waals surface area contributed by atoms with E-state index >= 15 is 0 Å². The lowest BCUT2D eigenvalue weighted by Crippen LogP contribution is -2.39. The van der Waals surface area contributed by atoms with E-state index in [0.29, 0.717) is 59.9 Å². The Kier molecular flexibility index (Phi) is 5.91. The lowest BCUT2D eigenvalue weighted by atomic mass is 10.1. The van der Waals surface area contributed by atoms with E-state index in [1.54, 1.807) is 12.4 Å². The van der Waals surface area contributed by atoms with Crippen molar-refractivity contribution in [2.45, 2.75) is 36.1 Å². The van der Waals surface area contributed by atoms with E-state index in [1.165, 1.54) is 7.11 Å². The zero-order valence-electron chi connectivity index (χ0n) is 18.8. The molecule has 0 saturated heterocycles. The van der Waals surface area contributed by atoms with Crippen LogP contribution in [0.2, 0.25) is 0 Å². The van der Waals surface area contributed by atoms with Gasteiger partial charge in [-0.05, 0) is 24.8 Å². The third-order valence-electron chi connectivity index (χ3n) is 6.27. The van der Waals surface area contributed by atoms with Crippen molar-refractivity contribution < 1.29 is 13.7 Å². The minimum atomic E-state index is -1.14. The van der Waals surface area contributed by atoms with Gasteiger partial charge in [-0.3, -0.25) is 4.21 Å². The zero-order valence-corrected chi connectivity index (χ0v) is 19.7. The average Bonchev–Trinajstić information content (AvgIpc) is 3.54. The highest BCUT2D eigenvalue weighted by Crippen LogP contribution is 2.41. The summed E-state index contributed by atoms with van der Waals surface area (Å²) in [5, 5.41) is 6.23. The molecule has 1 saturated carbocycles. The van der Waals surface area contributed by atoms with Crippen molar-refractivity contribution in [1.82, 2.24) is 25.3 Å². The van der Waals surface area contributed by atoms with Gasteiger partial charge in [-0.2, -0.15) is 4.98 Å². The van der Waals surface area contributed by atoms with Gasteiger partial charge < -0.3 is 20.3 Å². The van der Waals surface area contributed by atoms with Crippen LogP contribution in [0.4, 0.5) is 16.6 Å². The monoisotopic (exact) mass is 479 g/mol. The van der Waals surface area contributed by atoms with Gasteiger partial charge in [0.1, 0.15) is 10.7 Å². The second-order valence-electron chi connectivity index (χ2n) is 8.56. The minimum Gasteiger partial charge on any atom is -0.453 e. The number of amides is 1. The smallest absolute Gasteiger partial charge is 0.406 e. The van der Waals surface area contributed by atoms with E-state index in [4.69, 9.17) is 16.4 Å². The second kappa shape index (κ2) is 9.02. The van der Waals surface area contributed by atoms with Crippen LogP contribution in [0.25, 0.3) is 5.57 Å². The highest BCUT2D eigenvalue weighted by Gasteiger charge is 2.44. The predicted octanol–water partition coefficient (Wildman–Crippen LogP) is 1.51. The number of rotatable bonds is 6. The first-order valence-corrected chi connectivity index (χ1v) is 12.4. The molecule has 176 valence electrons. The van der Waals surface area contributed by atoms with Gasteiger partial charge in [0, 0.05) is 44.2 Å². The maximum absolute atomic E-state index is 12.7. The Bertz CT molecular complexity index is 1220. The third-order valence-corrected chi connectivity index (χ3v) is 7.73. The Labute approximate surface area is 200 Å². The van der Waals surface area contributed by atoms with Crippen molar-refractivity contribution in [2.24, 2.45) is 0 Å². The van der Waals surface area contributed by atoms with Crippen LogP contribution in [0.15, 0.2) is 23.4 Å².